The third kappa shape index (κ3) is 4.21. The second kappa shape index (κ2) is 8.19. The largest absolute Gasteiger partial charge is 0.233 e. The van der Waals surface area contributed by atoms with Crippen LogP contribution in [0.25, 0.3) is 21.7 Å². The van der Waals surface area contributed by atoms with Gasteiger partial charge in [0.1, 0.15) is 11.6 Å². The highest BCUT2D eigenvalue weighted by Crippen LogP contribution is 2.41. The van der Waals surface area contributed by atoms with E-state index in [4.69, 9.17) is 0 Å². The van der Waals surface area contributed by atoms with E-state index >= 15 is 0 Å². The Labute approximate surface area is 187 Å². The maximum absolute atomic E-state index is 13.5. The van der Waals surface area contributed by atoms with Crippen molar-refractivity contribution in [3.8, 4) is 21.7 Å². The summed E-state index contributed by atoms with van der Waals surface area (Å²) in [6, 6.07) is 15.8. The molecule has 1 aromatic heterocycles. The van der Waals surface area contributed by atoms with Crippen LogP contribution in [0.1, 0.15) is 0 Å². The average Bonchev–Trinajstić information content (AvgIpc) is 3.20. The molecule has 0 spiro atoms. The summed E-state index contributed by atoms with van der Waals surface area (Å²) in [7, 11) is -7.77. The zero-order chi connectivity index (χ0) is 23.1. The quantitative estimate of drug-likeness (QED) is 0.368. The Morgan fingerprint density at radius 3 is 1.94 bits per heavy atom. The van der Waals surface area contributed by atoms with Gasteiger partial charge in [-0.3, -0.25) is 0 Å². The third-order valence-electron chi connectivity index (χ3n) is 4.61. The normalized spacial score (nSPS) is 12.1. The van der Waals surface area contributed by atoms with Crippen LogP contribution in [0.2, 0.25) is 0 Å². The Balaban J connectivity index is 1.99. The number of benzene rings is 3. The van der Waals surface area contributed by atoms with Crippen molar-refractivity contribution >= 4 is 31.0 Å². The van der Waals surface area contributed by atoms with Gasteiger partial charge < -0.3 is 0 Å². The smallest absolute Gasteiger partial charge is 0.224 e. The molecule has 0 saturated heterocycles. The van der Waals surface area contributed by atoms with Gasteiger partial charge >= 0.3 is 0 Å². The number of hydrogen-bond donors (Lipinski definition) is 0. The van der Waals surface area contributed by atoms with Gasteiger partial charge in [-0.25, -0.2) is 30.6 Å². The van der Waals surface area contributed by atoms with Crippen LogP contribution in [0.15, 0.2) is 86.9 Å². The van der Waals surface area contributed by atoms with Crippen molar-refractivity contribution in [3.05, 3.63) is 84.4 Å². The van der Waals surface area contributed by atoms with E-state index in [1.165, 1.54) is 36.4 Å². The average molecular weight is 492 g/mol. The number of rotatable bonds is 5. The number of halogens is 2. The van der Waals surface area contributed by atoms with Crippen LogP contribution in [-0.2, 0) is 19.7 Å². The van der Waals surface area contributed by atoms with E-state index in [1.54, 1.807) is 12.1 Å². The molecule has 32 heavy (non-hydrogen) atoms. The molecule has 0 aliphatic rings. The maximum Gasteiger partial charge on any atom is 0.233 e. The summed E-state index contributed by atoms with van der Waals surface area (Å²) in [5.74, 6) is -1.06. The molecule has 0 aliphatic carbocycles. The van der Waals surface area contributed by atoms with Crippen molar-refractivity contribution in [2.24, 2.45) is 0 Å². The van der Waals surface area contributed by atoms with Crippen molar-refractivity contribution < 1.29 is 25.6 Å². The van der Waals surface area contributed by atoms with Crippen molar-refractivity contribution in [3.63, 3.8) is 0 Å². The van der Waals surface area contributed by atoms with Gasteiger partial charge in [0.05, 0.1) is 20.4 Å². The minimum Gasteiger partial charge on any atom is -0.224 e. The van der Waals surface area contributed by atoms with Crippen molar-refractivity contribution in [1.29, 1.82) is 0 Å². The molecule has 1 heterocycles. The first-order valence-corrected chi connectivity index (χ1v) is 13.3. The summed E-state index contributed by atoms with van der Waals surface area (Å²) < 4.78 is 77.5. The fraction of sp³-hybridized carbons (Fsp3) is 0.0455. The SMILES string of the molecule is CS(=O)(=O)c1ccccc1-c1nc(S(=O)(=O)c2ccc(F)cc2)sc1-c1ccc(F)cc1. The molecule has 0 unspecified atom stereocenters. The van der Waals surface area contributed by atoms with Gasteiger partial charge in [0.2, 0.25) is 14.2 Å². The van der Waals surface area contributed by atoms with E-state index in [-0.39, 0.29) is 25.4 Å². The van der Waals surface area contributed by atoms with Gasteiger partial charge in [0.15, 0.2) is 9.84 Å². The number of thiazole rings is 1. The summed E-state index contributed by atoms with van der Waals surface area (Å²) in [5.41, 5.74) is 0.845. The zero-order valence-electron chi connectivity index (χ0n) is 16.5. The molecule has 0 saturated carbocycles. The molecule has 0 aliphatic heterocycles. The lowest BCUT2D eigenvalue weighted by Gasteiger charge is -2.08. The van der Waals surface area contributed by atoms with E-state index in [0.717, 1.165) is 41.9 Å². The lowest BCUT2D eigenvalue weighted by atomic mass is 10.1. The summed E-state index contributed by atoms with van der Waals surface area (Å²) in [4.78, 5) is 4.50. The van der Waals surface area contributed by atoms with Gasteiger partial charge in [-0.05, 0) is 48.0 Å². The van der Waals surface area contributed by atoms with Gasteiger partial charge in [-0.1, -0.05) is 30.3 Å². The van der Waals surface area contributed by atoms with Crippen LogP contribution in [0.5, 0.6) is 0 Å². The molecule has 3 aromatic carbocycles. The summed E-state index contributed by atoms with van der Waals surface area (Å²) in [6.45, 7) is 0. The predicted molar refractivity (Wildman–Crippen MR) is 118 cm³/mol. The fourth-order valence-corrected chi connectivity index (χ4v) is 6.69. The van der Waals surface area contributed by atoms with Gasteiger partial charge in [-0.2, -0.15) is 0 Å². The van der Waals surface area contributed by atoms with Gasteiger partial charge in [0, 0.05) is 11.8 Å². The zero-order valence-corrected chi connectivity index (χ0v) is 18.9. The molecule has 0 N–H and O–H groups in total. The number of aromatic nitrogens is 1. The molecule has 0 radical (unpaired) electrons. The number of hydrogen-bond acceptors (Lipinski definition) is 6. The molecule has 0 bridgehead atoms. The Bertz CT molecular complexity index is 1510. The standard InChI is InChI=1S/C22H15F2NO4S3/c1-31(26,27)19-5-3-2-4-18(19)20-21(14-6-8-15(23)9-7-14)30-22(25-20)32(28,29)17-12-10-16(24)11-13-17/h2-13H,1H3. The van der Waals surface area contributed by atoms with Crippen LogP contribution < -0.4 is 0 Å². The molecule has 0 fully saturated rings. The van der Waals surface area contributed by atoms with Crippen molar-refractivity contribution in [1.82, 2.24) is 4.98 Å². The van der Waals surface area contributed by atoms with Crippen LogP contribution in [0, 0.1) is 11.6 Å². The highest BCUT2D eigenvalue weighted by atomic mass is 32.2. The Hall–Kier alpha value is -2.95. The lowest BCUT2D eigenvalue weighted by molar-refractivity contribution is 0.594. The number of sulfone groups is 2. The Kier molecular flexibility index (Phi) is 5.70. The lowest BCUT2D eigenvalue weighted by Crippen LogP contribution is -2.02. The highest BCUT2D eigenvalue weighted by molar-refractivity contribution is 7.93. The fourth-order valence-electron chi connectivity index (χ4n) is 3.10. The molecule has 0 atom stereocenters. The molecule has 10 heteroatoms. The second-order valence-electron chi connectivity index (χ2n) is 6.89. The molecule has 164 valence electrons. The maximum atomic E-state index is 13.5. The van der Waals surface area contributed by atoms with Gasteiger partial charge in [-0.15, -0.1) is 11.3 Å². The molecule has 5 nitrogen and oxygen atoms in total. The summed E-state index contributed by atoms with van der Waals surface area (Å²) in [6.07, 6.45) is 1.05. The Morgan fingerprint density at radius 1 is 0.781 bits per heavy atom. The first-order valence-electron chi connectivity index (χ1n) is 9.14. The first kappa shape index (κ1) is 22.3. The van der Waals surface area contributed by atoms with E-state index in [9.17, 15) is 25.6 Å². The first-order chi connectivity index (χ1) is 15.1. The molecule has 0 amide bonds. The van der Waals surface area contributed by atoms with Crippen LogP contribution >= 0.6 is 11.3 Å². The van der Waals surface area contributed by atoms with Crippen LogP contribution in [0.4, 0.5) is 8.78 Å². The van der Waals surface area contributed by atoms with Crippen molar-refractivity contribution in [2.75, 3.05) is 6.26 Å². The Morgan fingerprint density at radius 2 is 1.34 bits per heavy atom. The topological polar surface area (TPSA) is 81.2 Å². The minimum absolute atomic E-state index is 0.0145. The number of nitrogens with zero attached hydrogens (tertiary/aromatic N) is 1. The molecule has 4 rings (SSSR count). The van der Waals surface area contributed by atoms with E-state index < -0.39 is 31.3 Å². The predicted octanol–water partition coefficient (Wildman–Crippen LogP) is 4.99. The van der Waals surface area contributed by atoms with Crippen LogP contribution in [0.3, 0.4) is 0 Å². The molecule has 4 aromatic rings. The monoisotopic (exact) mass is 491 g/mol. The summed E-state index contributed by atoms with van der Waals surface area (Å²) >= 11 is 0.829. The minimum atomic E-state index is -4.11. The molecular formula is C22H15F2NO4S3. The summed E-state index contributed by atoms with van der Waals surface area (Å²) in [5, 5.41) is 0. The van der Waals surface area contributed by atoms with E-state index in [2.05, 4.69) is 4.98 Å². The highest BCUT2D eigenvalue weighted by Gasteiger charge is 2.28. The second-order valence-corrected chi connectivity index (χ2v) is 12.0. The molecular weight excluding hydrogens is 476 g/mol. The van der Waals surface area contributed by atoms with Crippen LogP contribution in [-0.4, -0.2) is 28.1 Å². The van der Waals surface area contributed by atoms with E-state index in [0.29, 0.717) is 10.4 Å². The van der Waals surface area contributed by atoms with Gasteiger partial charge in [0.25, 0.3) is 0 Å². The third-order valence-corrected chi connectivity index (χ3v) is 9.02. The van der Waals surface area contributed by atoms with E-state index in [1.807, 2.05) is 0 Å². The van der Waals surface area contributed by atoms with Crippen molar-refractivity contribution in [2.45, 2.75) is 14.1 Å².